The van der Waals surface area contributed by atoms with Crippen LogP contribution in [-0.2, 0) is 43.2 Å². The van der Waals surface area contributed by atoms with E-state index in [1.807, 2.05) is 6.92 Å². The number of hydrogen-bond donors (Lipinski definition) is 1. The predicted molar refractivity (Wildman–Crippen MR) is 127 cm³/mol. The Hall–Kier alpha value is -3.17. The second kappa shape index (κ2) is 19.1. The van der Waals surface area contributed by atoms with Crippen molar-refractivity contribution in [2.45, 2.75) is 110 Å². The van der Waals surface area contributed by atoms with Gasteiger partial charge in [0.2, 0.25) is 5.78 Å². The predicted octanol–water partition coefficient (Wildman–Crippen LogP) is 2.89. The Morgan fingerprint density at radius 2 is 0.556 bits per heavy atom. The molecule has 0 spiro atoms. The Labute approximate surface area is 210 Å². The van der Waals surface area contributed by atoms with Crippen LogP contribution in [0.4, 0.5) is 0 Å². The van der Waals surface area contributed by atoms with Gasteiger partial charge in [0.25, 0.3) is 0 Å². The molecule has 10 nitrogen and oxygen atoms in total. The third-order valence-electron chi connectivity index (χ3n) is 5.49. The van der Waals surface area contributed by atoms with Gasteiger partial charge in [-0.15, -0.1) is 0 Å². The first kappa shape index (κ1) is 32.8. The molecule has 0 heterocycles. The number of carbonyl (C=O) groups is 9. The van der Waals surface area contributed by atoms with Crippen LogP contribution in [0.15, 0.2) is 0 Å². The largest absolute Gasteiger partial charge is 0.476 e. The van der Waals surface area contributed by atoms with Gasteiger partial charge in [-0.1, -0.05) is 6.92 Å². The summed E-state index contributed by atoms with van der Waals surface area (Å²) in [5, 5.41) is 8.45. The Balaban J connectivity index is 3.94. The molecule has 0 aliphatic rings. The van der Waals surface area contributed by atoms with Crippen LogP contribution < -0.4 is 0 Å². The summed E-state index contributed by atoms with van der Waals surface area (Å²) in [7, 11) is 0. The van der Waals surface area contributed by atoms with Crippen LogP contribution in [-0.4, -0.2) is 57.3 Å². The fourth-order valence-electron chi connectivity index (χ4n) is 3.19. The van der Waals surface area contributed by atoms with Gasteiger partial charge in [0.1, 0.15) is 40.5 Å². The van der Waals surface area contributed by atoms with Crippen molar-refractivity contribution in [3.8, 4) is 0 Å². The highest BCUT2D eigenvalue weighted by molar-refractivity contribution is 6.32. The van der Waals surface area contributed by atoms with E-state index in [0.717, 1.165) is 6.42 Å². The second-order valence-electron chi connectivity index (χ2n) is 8.75. The van der Waals surface area contributed by atoms with Crippen molar-refractivity contribution in [1.29, 1.82) is 0 Å². The molecule has 0 saturated carbocycles. The molecule has 0 unspecified atom stereocenters. The maximum absolute atomic E-state index is 11.9. The molecule has 36 heavy (non-hydrogen) atoms. The van der Waals surface area contributed by atoms with Crippen molar-refractivity contribution in [2.75, 3.05) is 0 Å². The quantitative estimate of drug-likeness (QED) is 0.191. The van der Waals surface area contributed by atoms with Crippen LogP contribution in [0.1, 0.15) is 110 Å². The second-order valence-corrected chi connectivity index (χ2v) is 8.75. The molecular formula is C26H36O10. The SMILES string of the molecule is CCCC(=O)CCC(=O)CCC(=O)CCC(=O)CCC(=O)CCC(=O)CCC(=O)CCC(=O)C(=O)O. The van der Waals surface area contributed by atoms with Gasteiger partial charge in [-0.25, -0.2) is 4.79 Å². The molecule has 0 aliphatic heterocycles. The van der Waals surface area contributed by atoms with Crippen LogP contribution in [0.25, 0.3) is 0 Å². The van der Waals surface area contributed by atoms with Gasteiger partial charge in [-0.05, 0) is 6.42 Å². The van der Waals surface area contributed by atoms with E-state index in [9.17, 15) is 43.2 Å². The fourth-order valence-corrected chi connectivity index (χ4v) is 3.19. The summed E-state index contributed by atoms with van der Waals surface area (Å²) < 4.78 is 0. The van der Waals surface area contributed by atoms with Crippen LogP contribution in [0.5, 0.6) is 0 Å². The molecule has 200 valence electrons. The highest BCUT2D eigenvalue weighted by Crippen LogP contribution is 2.09. The summed E-state index contributed by atoms with van der Waals surface area (Å²) in [5.74, 6) is -4.31. The van der Waals surface area contributed by atoms with Gasteiger partial charge in [-0.3, -0.25) is 38.4 Å². The Bertz CT molecular complexity index is 853. The van der Waals surface area contributed by atoms with E-state index in [4.69, 9.17) is 5.11 Å². The molecule has 0 fully saturated rings. The normalized spacial score (nSPS) is 10.5. The minimum atomic E-state index is -1.61. The summed E-state index contributed by atoms with van der Waals surface area (Å²) in [5.41, 5.74) is 0. The molecule has 0 bridgehead atoms. The molecule has 0 aromatic rings. The molecule has 0 amide bonds. The molecule has 0 radical (unpaired) electrons. The average Bonchev–Trinajstić information content (AvgIpc) is 2.84. The number of aliphatic carboxylic acids is 1. The number of carboxylic acids is 1. The van der Waals surface area contributed by atoms with E-state index >= 15 is 0 Å². The third-order valence-corrected chi connectivity index (χ3v) is 5.49. The van der Waals surface area contributed by atoms with E-state index in [2.05, 4.69) is 0 Å². The highest BCUT2D eigenvalue weighted by atomic mass is 16.4. The molecule has 0 aromatic heterocycles. The van der Waals surface area contributed by atoms with Crippen molar-refractivity contribution in [1.82, 2.24) is 0 Å². The first-order valence-electron chi connectivity index (χ1n) is 12.3. The lowest BCUT2D eigenvalue weighted by atomic mass is 10.00. The van der Waals surface area contributed by atoms with Gasteiger partial charge in [0.05, 0.1) is 0 Å². The van der Waals surface area contributed by atoms with E-state index < -0.39 is 24.0 Å². The Morgan fingerprint density at radius 3 is 0.750 bits per heavy atom. The molecule has 0 saturated heterocycles. The summed E-state index contributed by atoms with van der Waals surface area (Å²) in [4.78, 5) is 104. The van der Waals surface area contributed by atoms with E-state index in [1.54, 1.807) is 0 Å². The van der Waals surface area contributed by atoms with Crippen molar-refractivity contribution >= 4 is 52.2 Å². The number of carboxylic acid groups (broad SMARTS) is 1. The van der Waals surface area contributed by atoms with Crippen molar-refractivity contribution < 1.29 is 48.3 Å². The maximum atomic E-state index is 11.9. The van der Waals surface area contributed by atoms with Crippen molar-refractivity contribution in [3.05, 3.63) is 0 Å². The minimum absolute atomic E-state index is 0.0142. The van der Waals surface area contributed by atoms with E-state index in [1.165, 1.54) is 0 Å². The molecule has 1 N–H and O–H groups in total. The molecule has 10 heteroatoms. The van der Waals surface area contributed by atoms with Crippen LogP contribution in [0, 0.1) is 0 Å². The smallest absolute Gasteiger partial charge is 0.372 e. The third kappa shape index (κ3) is 18.2. The first-order valence-corrected chi connectivity index (χ1v) is 12.3. The average molecular weight is 509 g/mol. The maximum Gasteiger partial charge on any atom is 0.372 e. The van der Waals surface area contributed by atoms with Gasteiger partial charge in [0, 0.05) is 96.3 Å². The van der Waals surface area contributed by atoms with Crippen LogP contribution >= 0.6 is 0 Å². The lowest BCUT2D eigenvalue weighted by Crippen LogP contribution is -2.14. The molecular weight excluding hydrogens is 472 g/mol. The van der Waals surface area contributed by atoms with Gasteiger partial charge < -0.3 is 5.11 Å². The zero-order chi connectivity index (χ0) is 27.5. The van der Waals surface area contributed by atoms with Crippen molar-refractivity contribution in [3.63, 3.8) is 0 Å². The van der Waals surface area contributed by atoms with Gasteiger partial charge >= 0.3 is 5.97 Å². The van der Waals surface area contributed by atoms with Crippen molar-refractivity contribution in [2.24, 2.45) is 0 Å². The van der Waals surface area contributed by atoms with Gasteiger partial charge in [0.15, 0.2) is 0 Å². The van der Waals surface area contributed by atoms with Gasteiger partial charge in [-0.2, -0.15) is 0 Å². The van der Waals surface area contributed by atoms with Crippen LogP contribution in [0.2, 0.25) is 0 Å². The Morgan fingerprint density at radius 1 is 0.361 bits per heavy atom. The summed E-state index contributed by atoms with van der Waals surface area (Å²) >= 11 is 0. The zero-order valence-electron chi connectivity index (χ0n) is 20.9. The lowest BCUT2D eigenvalue weighted by molar-refractivity contribution is -0.149. The number of hydrogen-bond acceptors (Lipinski definition) is 9. The lowest BCUT2D eigenvalue weighted by Gasteiger charge is -2.03. The van der Waals surface area contributed by atoms with E-state index in [-0.39, 0.29) is 118 Å². The standard InChI is InChI=1S/C26H36O10/c1-2-3-18(27)4-5-19(28)6-7-20(29)8-9-21(30)10-11-22(31)12-13-23(32)14-15-24(33)16-17-25(34)26(35)36/h2-17H2,1H3,(H,35,36). The van der Waals surface area contributed by atoms with E-state index in [0.29, 0.717) is 6.42 Å². The molecule has 0 rings (SSSR count). The molecule has 0 aromatic carbocycles. The first-order chi connectivity index (χ1) is 16.9. The molecule has 0 atom stereocenters. The fraction of sp³-hybridized carbons (Fsp3) is 0.654. The summed E-state index contributed by atoms with van der Waals surface area (Å²) in [6, 6.07) is 0. The topological polar surface area (TPSA) is 174 Å². The number of carbonyl (C=O) groups excluding carboxylic acids is 8. The summed E-state index contributed by atoms with van der Waals surface area (Å²) in [6.45, 7) is 1.88. The number of Topliss-reactive ketones (excluding diaryl/α,β-unsaturated/α-hetero) is 8. The van der Waals surface area contributed by atoms with Crippen LogP contribution in [0.3, 0.4) is 0 Å². The number of rotatable bonds is 24. The highest BCUT2D eigenvalue weighted by Gasteiger charge is 2.16. The monoisotopic (exact) mass is 508 g/mol. The minimum Gasteiger partial charge on any atom is -0.476 e. The number of ketones is 8. The Kier molecular flexibility index (Phi) is 17.4. The molecule has 0 aliphatic carbocycles. The zero-order valence-corrected chi connectivity index (χ0v) is 20.9. The summed E-state index contributed by atoms with van der Waals surface area (Å²) in [6.07, 6.45) is 0.358.